The van der Waals surface area contributed by atoms with Crippen molar-refractivity contribution in [3.63, 3.8) is 0 Å². The van der Waals surface area contributed by atoms with Gasteiger partial charge in [-0.25, -0.2) is 0 Å². The monoisotopic (exact) mass is 312 g/mol. The maximum Gasteiger partial charge on any atom is 0.242 e. The van der Waals surface area contributed by atoms with Crippen LogP contribution >= 0.6 is 0 Å². The first-order chi connectivity index (χ1) is 10.3. The van der Waals surface area contributed by atoms with Gasteiger partial charge in [-0.1, -0.05) is 20.8 Å². The summed E-state index contributed by atoms with van der Waals surface area (Å²) in [6.07, 6.45) is 3.46. The van der Waals surface area contributed by atoms with Crippen molar-refractivity contribution in [1.82, 2.24) is 10.2 Å². The summed E-state index contributed by atoms with van der Waals surface area (Å²) < 4.78 is 0. The first kappa shape index (κ1) is 18.9. The third-order valence-electron chi connectivity index (χ3n) is 4.10. The number of rotatable bonds is 8. The third kappa shape index (κ3) is 6.34. The van der Waals surface area contributed by atoms with Crippen molar-refractivity contribution >= 4 is 11.8 Å². The average Bonchev–Trinajstić information content (AvgIpc) is 2.42. The van der Waals surface area contributed by atoms with Gasteiger partial charge in [0.05, 0.1) is 6.10 Å². The Balaban J connectivity index is 2.62. The van der Waals surface area contributed by atoms with Crippen LogP contribution in [0.5, 0.6) is 0 Å². The van der Waals surface area contributed by atoms with Gasteiger partial charge in [0.15, 0.2) is 0 Å². The Labute approximate surface area is 134 Å². The van der Waals surface area contributed by atoms with E-state index in [1.165, 1.54) is 0 Å². The van der Waals surface area contributed by atoms with Gasteiger partial charge in [0, 0.05) is 19.5 Å². The molecule has 1 saturated heterocycles. The zero-order chi connectivity index (χ0) is 16.7. The predicted octanol–water partition coefficient (Wildman–Crippen LogP) is 1.94. The van der Waals surface area contributed by atoms with E-state index >= 15 is 0 Å². The summed E-state index contributed by atoms with van der Waals surface area (Å²) >= 11 is 0. The fourth-order valence-corrected chi connectivity index (χ4v) is 3.04. The van der Waals surface area contributed by atoms with Crippen LogP contribution in [0.3, 0.4) is 0 Å². The van der Waals surface area contributed by atoms with E-state index in [0.717, 1.165) is 12.8 Å². The molecule has 1 aliphatic heterocycles. The van der Waals surface area contributed by atoms with E-state index in [4.69, 9.17) is 0 Å². The highest BCUT2D eigenvalue weighted by atomic mass is 16.3. The number of aliphatic hydroxyl groups is 1. The molecule has 0 saturated carbocycles. The summed E-state index contributed by atoms with van der Waals surface area (Å²) in [5.41, 5.74) is 0. The number of aliphatic hydroxyl groups excluding tert-OH is 1. The highest BCUT2D eigenvalue weighted by Gasteiger charge is 2.31. The molecule has 1 rings (SSSR count). The minimum absolute atomic E-state index is 0.0543. The molecule has 0 bridgehead atoms. The molecule has 2 amide bonds. The Morgan fingerprint density at radius 2 is 1.91 bits per heavy atom. The number of likely N-dealkylation sites (tertiary alicyclic amines) is 1. The van der Waals surface area contributed by atoms with Crippen LogP contribution in [0.2, 0.25) is 0 Å². The number of hydrogen-bond acceptors (Lipinski definition) is 3. The average molecular weight is 312 g/mol. The Hall–Kier alpha value is -1.10. The molecule has 3 unspecified atom stereocenters. The minimum Gasteiger partial charge on any atom is -0.393 e. The number of nitrogens with zero attached hydrogens (tertiary/aromatic N) is 1. The summed E-state index contributed by atoms with van der Waals surface area (Å²) in [4.78, 5) is 26.4. The van der Waals surface area contributed by atoms with Crippen LogP contribution in [0.1, 0.15) is 59.8 Å². The Kier molecular flexibility index (Phi) is 7.87. The molecule has 0 radical (unpaired) electrons. The van der Waals surface area contributed by atoms with E-state index in [0.29, 0.717) is 38.3 Å². The predicted molar refractivity (Wildman–Crippen MR) is 87.3 cm³/mol. The van der Waals surface area contributed by atoms with Crippen molar-refractivity contribution in [2.75, 3.05) is 13.1 Å². The summed E-state index contributed by atoms with van der Waals surface area (Å²) in [5, 5.41) is 12.4. The molecule has 1 fully saturated rings. The standard InChI is InChI=1S/C17H32N2O3/c1-12(2)9-15(19-8-6-5-7-16(19)21)17(22)18-11-13(3)10-14(4)20/h12-15,20H,5-11H2,1-4H3,(H,18,22). The lowest BCUT2D eigenvalue weighted by Crippen LogP contribution is -2.52. The molecule has 0 aliphatic carbocycles. The quantitative estimate of drug-likeness (QED) is 0.719. The van der Waals surface area contributed by atoms with Gasteiger partial charge in [0.1, 0.15) is 6.04 Å². The smallest absolute Gasteiger partial charge is 0.242 e. The highest BCUT2D eigenvalue weighted by Crippen LogP contribution is 2.19. The molecule has 0 aromatic heterocycles. The van der Waals surface area contributed by atoms with Gasteiger partial charge in [-0.2, -0.15) is 0 Å². The molecule has 2 N–H and O–H groups in total. The fourth-order valence-electron chi connectivity index (χ4n) is 3.04. The summed E-state index contributed by atoms with van der Waals surface area (Å²) in [5.74, 6) is 0.631. The maximum absolute atomic E-state index is 12.5. The molecular formula is C17H32N2O3. The number of carbonyl (C=O) groups is 2. The molecule has 0 aromatic rings. The van der Waals surface area contributed by atoms with E-state index in [-0.39, 0.29) is 29.9 Å². The lowest BCUT2D eigenvalue weighted by atomic mass is 9.98. The molecule has 1 aliphatic rings. The molecule has 5 heteroatoms. The van der Waals surface area contributed by atoms with Gasteiger partial charge in [-0.3, -0.25) is 9.59 Å². The van der Waals surface area contributed by atoms with Gasteiger partial charge in [-0.15, -0.1) is 0 Å². The van der Waals surface area contributed by atoms with Crippen LogP contribution in [-0.4, -0.2) is 47.1 Å². The lowest BCUT2D eigenvalue weighted by Gasteiger charge is -2.35. The first-order valence-electron chi connectivity index (χ1n) is 8.56. The largest absolute Gasteiger partial charge is 0.393 e. The van der Waals surface area contributed by atoms with Gasteiger partial charge in [0.2, 0.25) is 11.8 Å². The van der Waals surface area contributed by atoms with Gasteiger partial charge >= 0.3 is 0 Å². The van der Waals surface area contributed by atoms with Crippen LogP contribution in [0.15, 0.2) is 0 Å². The van der Waals surface area contributed by atoms with Crippen molar-refractivity contribution in [3.05, 3.63) is 0 Å². The van der Waals surface area contributed by atoms with Crippen molar-refractivity contribution < 1.29 is 14.7 Å². The van der Waals surface area contributed by atoms with Gasteiger partial charge in [-0.05, 0) is 44.4 Å². The number of amides is 2. The minimum atomic E-state index is -0.359. The van der Waals surface area contributed by atoms with Crippen molar-refractivity contribution in [2.24, 2.45) is 11.8 Å². The summed E-state index contributed by atoms with van der Waals surface area (Å²) in [7, 11) is 0. The topological polar surface area (TPSA) is 69.6 Å². The number of nitrogens with one attached hydrogen (secondary N) is 1. The van der Waals surface area contributed by atoms with Crippen LogP contribution in [-0.2, 0) is 9.59 Å². The maximum atomic E-state index is 12.5. The second-order valence-corrected chi connectivity index (χ2v) is 7.12. The van der Waals surface area contributed by atoms with E-state index < -0.39 is 0 Å². The molecule has 128 valence electrons. The third-order valence-corrected chi connectivity index (χ3v) is 4.10. The SMILES string of the molecule is CC(C)CC(C(=O)NCC(C)CC(C)O)N1CCCCC1=O. The van der Waals surface area contributed by atoms with Gasteiger partial charge in [0.25, 0.3) is 0 Å². The van der Waals surface area contributed by atoms with E-state index in [9.17, 15) is 14.7 Å². The second kappa shape index (κ2) is 9.13. The molecular weight excluding hydrogens is 280 g/mol. The zero-order valence-corrected chi connectivity index (χ0v) is 14.5. The van der Waals surface area contributed by atoms with E-state index in [2.05, 4.69) is 19.2 Å². The van der Waals surface area contributed by atoms with E-state index in [1.54, 1.807) is 11.8 Å². The molecule has 3 atom stereocenters. The summed E-state index contributed by atoms with van der Waals surface area (Å²) in [6, 6.07) is -0.355. The number of hydrogen-bond donors (Lipinski definition) is 2. The van der Waals surface area contributed by atoms with Crippen molar-refractivity contribution in [2.45, 2.75) is 71.9 Å². The summed E-state index contributed by atoms with van der Waals surface area (Å²) in [6.45, 7) is 9.14. The number of piperidine rings is 1. The number of carbonyl (C=O) groups excluding carboxylic acids is 2. The molecule has 22 heavy (non-hydrogen) atoms. The fraction of sp³-hybridized carbons (Fsp3) is 0.882. The van der Waals surface area contributed by atoms with Crippen LogP contribution < -0.4 is 5.32 Å². The van der Waals surface area contributed by atoms with Crippen LogP contribution in [0.25, 0.3) is 0 Å². The Morgan fingerprint density at radius 3 is 2.45 bits per heavy atom. The normalized spacial score (nSPS) is 19.9. The first-order valence-corrected chi connectivity index (χ1v) is 8.56. The van der Waals surface area contributed by atoms with Crippen molar-refractivity contribution in [1.29, 1.82) is 0 Å². The zero-order valence-electron chi connectivity index (χ0n) is 14.5. The highest BCUT2D eigenvalue weighted by molar-refractivity contribution is 5.88. The second-order valence-electron chi connectivity index (χ2n) is 7.12. The van der Waals surface area contributed by atoms with Crippen LogP contribution in [0, 0.1) is 11.8 Å². The molecule has 1 heterocycles. The van der Waals surface area contributed by atoms with Crippen molar-refractivity contribution in [3.8, 4) is 0 Å². The Morgan fingerprint density at radius 1 is 1.23 bits per heavy atom. The van der Waals surface area contributed by atoms with E-state index in [1.807, 2.05) is 6.92 Å². The van der Waals surface area contributed by atoms with Gasteiger partial charge < -0.3 is 15.3 Å². The van der Waals surface area contributed by atoms with Crippen LogP contribution in [0.4, 0.5) is 0 Å². The Bertz CT molecular complexity index is 369. The lowest BCUT2D eigenvalue weighted by molar-refractivity contribution is -0.143. The molecule has 0 aromatic carbocycles. The molecule has 5 nitrogen and oxygen atoms in total. The molecule has 0 spiro atoms.